The minimum Gasteiger partial charge on any atom is -0.361 e. The monoisotopic (exact) mass is 1620 g/mol. The molecule has 13 aromatic rings. The van der Waals surface area contributed by atoms with Crippen molar-refractivity contribution < 1.29 is 4.52 Å². The molecule has 578 valence electrons. The number of halogens is 4. The van der Waals surface area contributed by atoms with Crippen LogP contribution < -0.4 is 5.76 Å². The fourth-order valence-corrected chi connectivity index (χ4v) is 15.9. The summed E-state index contributed by atoms with van der Waals surface area (Å²) in [5.41, 5.74) is 15.2. The Morgan fingerprint density at radius 1 is 0.482 bits per heavy atom. The van der Waals surface area contributed by atoms with E-state index in [1.807, 2.05) is 81.2 Å². The average Bonchev–Trinajstić information content (AvgIpc) is 1.47. The lowest BCUT2D eigenvalue weighted by Gasteiger charge is -2.27. The van der Waals surface area contributed by atoms with Gasteiger partial charge in [0.1, 0.15) is 32.7 Å². The first-order valence-electron chi connectivity index (χ1n) is 39.0. The zero-order valence-corrected chi connectivity index (χ0v) is 69.2. The highest BCUT2D eigenvalue weighted by atomic mass is 79.9. The van der Waals surface area contributed by atoms with Gasteiger partial charge < -0.3 is 23.4 Å². The zero-order valence-electron chi connectivity index (χ0n) is 65.4. The van der Waals surface area contributed by atoms with E-state index in [0.29, 0.717) is 79.3 Å². The van der Waals surface area contributed by atoms with Crippen LogP contribution in [-0.2, 0) is 19.6 Å². The number of nitrogens with zero attached hydrogens (tertiary/aromatic N) is 18. The normalized spacial score (nSPS) is 17.5. The molecule has 3 aliphatic rings. The van der Waals surface area contributed by atoms with Crippen LogP contribution in [-0.4, -0.2) is 83.6 Å². The summed E-state index contributed by atoms with van der Waals surface area (Å²) in [6.45, 7) is 41.6. The molecule has 1 N–H and O–H groups in total. The van der Waals surface area contributed by atoms with E-state index >= 15 is 0 Å². The maximum absolute atomic E-state index is 11.7. The first-order chi connectivity index (χ1) is 54.1. The van der Waals surface area contributed by atoms with Crippen LogP contribution in [0, 0.1) is 48.7 Å². The Balaban J connectivity index is 0.000000147. The van der Waals surface area contributed by atoms with Crippen molar-refractivity contribution in [3.8, 4) is 68.3 Å². The minimum absolute atomic E-state index is 0.232. The molecule has 112 heavy (non-hydrogen) atoms. The van der Waals surface area contributed by atoms with Gasteiger partial charge in [-0.3, -0.25) is 34.4 Å². The van der Waals surface area contributed by atoms with E-state index in [4.69, 9.17) is 82.4 Å². The average molecular weight is 1630 g/mol. The predicted molar refractivity (Wildman–Crippen MR) is 451 cm³/mol. The van der Waals surface area contributed by atoms with E-state index in [1.165, 1.54) is 93.7 Å². The first kappa shape index (κ1) is 81.5. The highest BCUT2D eigenvalue weighted by Gasteiger charge is 2.30. The molecule has 0 radical (unpaired) electrons. The molecule has 3 fully saturated rings. The van der Waals surface area contributed by atoms with E-state index in [-0.39, 0.29) is 5.82 Å². The molecule has 16 rings (SSSR count). The van der Waals surface area contributed by atoms with Crippen LogP contribution in [0.2, 0.25) is 15.1 Å². The zero-order chi connectivity index (χ0) is 79.3. The number of H-pyrrole nitrogens is 1. The third-order valence-corrected chi connectivity index (χ3v) is 22.4. The second-order valence-electron chi connectivity index (χ2n) is 30.7. The van der Waals surface area contributed by atoms with Crippen LogP contribution in [0.4, 0.5) is 11.6 Å². The molecule has 25 heteroatoms. The Labute approximate surface area is 678 Å². The third-order valence-electron chi connectivity index (χ3n) is 21.4. The molecular formula is C87H95BrCl3N19O2. The summed E-state index contributed by atoms with van der Waals surface area (Å²) in [5, 5.41) is 5.46. The number of imidazole rings is 3. The van der Waals surface area contributed by atoms with Gasteiger partial charge in [0.25, 0.3) is 11.6 Å². The fourth-order valence-electron chi connectivity index (χ4n) is 15.0. The number of aromatic nitrogens is 17. The smallest absolute Gasteiger partial charge is 0.361 e. The molecule has 0 bridgehead atoms. The van der Waals surface area contributed by atoms with Gasteiger partial charge in [-0.25, -0.2) is 29.7 Å². The number of aromatic amines is 1. The molecule has 21 nitrogen and oxygen atoms in total. The molecule has 0 amide bonds. The van der Waals surface area contributed by atoms with E-state index < -0.39 is 5.76 Å². The molecule has 0 atom stereocenters. The lowest BCUT2D eigenvalue weighted by molar-refractivity contribution is 0.266. The van der Waals surface area contributed by atoms with Gasteiger partial charge in [-0.05, 0) is 197 Å². The Bertz CT molecular complexity index is 5550. The van der Waals surface area contributed by atoms with Crippen molar-refractivity contribution in [3.63, 3.8) is 0 Å². The highest BCUT2D eigenvalue weighted by Crippen LogP contribution is 2.42. The Morgan fingerprint density at radius 2 is 0.884 bits per heavy atom. The lowest BCUT2D eigenvalue weighted by Crippen LogP contribution is -2.18. The van der Waals surface area contributed by atoms with Crippen LogP contribution in [0.1, 0.15) is 188 Å². The quantitative estimate of drug-likeness (QED) is 0.0742. The van der Waals surface area contributed by atoms with Crippen molar-refractivity contribution in [2.45, 2.75) is 191 Å². The van der Waals surface area contributed by atoms with Crippen molar-refractivity contribution in [3.05, 3.63) is 205 Å². The van der Waals surface area contributed by atoms with Crippen molar-refractivity contribution in [1.29, 1.82) is 0 Å². The number of nitrogens with one attached hydrogen (secondary N) is 1. The largest absolute Gasteiger partial charge is 0.439 e. The SMILES string of the molecule is CC.CC(C)c1ccnc(Br)c1.CC1CCC(Cn2c(-c3cc(C(C)C)ccn3)nc3cc(-c4noc(=O)[nH]4)nc(-c4cncc(Cl)c4)c32)CC1.[C-]#[N+]c1cc2nc(-c3cc(C(C)C)ccn3)n(CC3CCC(C)CC3)c2c(-c2cncc(Cl)c2)n1.[C-]#[N+]c1cc2ncn(CC3CCC(C)CC3)c2c(-c2cncc(Cl)c2)n1. The summed E-state index contributed by atoms with van der Waals surface area (Å²) in [4.78, 5) is 76.7. The van der Waals surface area contributed by atoms with Gasteiger partial charge in [0.05, 0.1) is 49.2 Å². The lowest BCUT2D eigenvalue weighted by atomic mass is 9.83. The van der Waals surface area contributed by atoms with Crippen molar-refractivity contribution >= 4 is 95.5 Å². The molecule has 0 spiro atoms. The van der Waals surface area contributed by atoms with E-state index in [0.717, 1.165) is 121 Å². The standard InChI is InChI=1S/C29H30ClN7O2.C28H29ClN6.C20H20ClN5.C8H10BrN.C2H6/c1-16(2)19-8-9-32-24(11-19)28-34-22-12-23(27-35-29(38)39-36-27)33-25(20-10-21(30)14-31-13-20)26(22)37(28)15-18-6-4-17(3)5-7-18;1-17(2)20-9-10-32-24(12-20)28-33-23-13-25(30-4)34-26(21-11-22(29)15-31-14-21)27(23)35(28)16-19-7-5-18(3)6-8-19;1-13-3-5-14(6-4-13)11-26-12-24-17-8-18(22-2)25-19(20(17)26)15-7-16(21)10-23-9-15;1-6(2)7-3-4-10-8(9)5-7;1-2/h8-14,16-18H,4-7,15H2,1-3H3,(H,35,36,38);9-15,17-19H,5-8,16H2,1-3H3;7-10,12-14H,3-6,11H2,1H3;3-6H,1-2H3;1-2H3. The number of hydrogen-bond donors (Lipinski definition) is 1. The number of fused-ring (bicyclic) bond motifs is 3. The second kappa shape index (κ2) is 37.6. The Kier molecular flexibility index (Phi) is 27.3. The molecule has 0 saturated heterocycles. The number of rotatable bonds is 15. The molecule has 0 aliphatic heterocycles. The molecular weight excluding hydrogens is 1530 g/mol. The summed E-state index contributed by atoms with van der Waals surface area (Å²) in [7, 11) is 0. The summed E-state index contributed by atoms with van der Waals surface area (Å²) in [5.74, 6) is 7.27. The van der Waals surface area contributed by atoms with Gasteiger partial charge in [-0.15, -0.1) is 9.97 Å². The van der Waals surface area contributed by atoms with E-state index in [1.54, 1.807) is 49.3 Å². The van der Waals surface area contributed by atoms with Crippen LogP contribution >= 0.6 is 50.7 Å². The minimum atomic E-state index is -0.648. The van der Waals surface area contributed by atoms with Gasteiger partial charge >= 0.3 is 5.76 Å². The Morgan fingerprint density at radius 3 is 1.29 bits per heavy atom. The van der Waals surface area contributed by atoms with Crippen molar-refractivity contribution in [2.24, 2.45) is 35.5 Å². The molecule has 0 unspecified atom stereocenters. The molecule has 13 heterocycles. The van der Waals surface area contributed by atoms with Crippen molar-refractivity contribution in [1.82, 2.24) is 83.6 Å². The number of pyridine rings is 9. The van der Waals surface area contributed by atoms with Gasteiger partial charge in [-0.2, -0.15) is 0 Å². The summed E-state index contributed by atoms with van der Waals surface area (Å²) >= 11 is 22.1. The summed E-state index contributed by atoms with van der Waals surface area (Å²) in [6.07, 6.45) is 32.2. The van der Waals surface area contributed by atoms with Crippen molar-refractivity contribution in [2.75, 3.05) is 0 Å². The van der Waals surface area contributed by atoms with Gasteiger partial charge in [0.15, 0.2) is 23.0 Å². The third kappa shape index (κ3) is 19.9. The van der Waals surface area contributed by atoms with Gasteiger partial charge in [-0.1, -0.05) is 168 Å². The molecule has 3 saturated carbocycles. The Hall–Kier alpha value is -9.97. The molecule has 13 aromatic heterocycles. The van der Waals surface area contributed by atoms with Crippen LogP contribution in [0.5, 0.6) is 0 Å². The highest BCUT2D eigenvalue weighted by molar-refractivity contribution is 9.10. The molecule has 0 aromatic carbocycles. The first-order valence-corrected chi connectivity index (χ1v) is 40.9. The van der Waals surface area contributed by atoms with Crippen LogP contribution in [0.15, 0.2) is 149 Å². The van der Waals surface area contributed by atoms with E-state index in [9.17, 15) is 4.79 Å². The molecule has 3 aliphatic carbocycles. The topological polar surface area (TPSA) is 237 Å². The van der Waals surface area contributed by atoms with Crippen LogP contribution in [0.3, 0.4) is 0 Å². The maximum atomic E-state index is 11.7. The second-order valence-corrected chi connectivity index (χ2v) is 32.8. The summed E-state index contributed by atoms with van der Waals surface area (Å²) in [6, 6.07) is 23.3. The van der Waals surface area contributed by atoms with Gasteiger partial charge in [0.2, 0.25) is 5.82 Å². The summed E-state index contributed by atoms with van der Waals surface area (Å²) < 4.78 is 12.4. The predicted octanol–water partition coefficient (Wildman–Crippen LogP) is 23.7. The van der Waals surface area contributed by atoms with Gasteiger partial charge in [0, 0.05) is 92.1 Å². The van der Waals surface area contributed by atoms with Crippen LogP contribution in [0.25, 0.3) is 111 Å². The number of hydrogen-bond acceptors (Lipinski definition) is 15. The van der Waals surface area contributed by atoms with E-state index in [2.05, 4.69) is 160 Å². The fraction of sp³-hybridized carbons (Fsp3) is 0.402. The maximum Gasteiger partial charge on any atom is 0.439 e.